The first kappa shape index (κ1) is 28.1. The minimum absolute atomic E-state index is 0.243. The molecular formula is C12H18F6N3O7S2+. The zero-order valence-corrected chi connectivity index (χ0v) is 17.0. The number of H-pyrrole nitrogens is 1. The molecule has 1 rings (SSSR count). The van der Waals surface area contributed by atoms with Crippen LogP contribution < -0.4 is 8.69 Å². The van der Waals surface area contributed by atoms with Crippen molar-refractivity contribution < 1.29 is 62.0 Å². The van der Waals surface area contributed by atoms with E-state index in [0.717, 1.165) is 5.82 Å². The Morgan fingerprint density at radius 1 is 1.07 bits per heavy atom. The number of halogens is 6. The van der Waals surface area contributed by atoms with Gasteiger partial charge < -0.3 is 9.47 Å². The average molecular weight is 494 g/mol. The van der Waals surface area contributed by atoms with Crippen LogP contribution in [0.25, 0.3) is 0 Å². The van der Waals surface area contributed by atoms with Gasteiger partial charge in [-0.05, 0) is 6.92 Å². The highest BCUT2D eigenvalue weighted by molar-refractivity contribution is 8.05. The van der Waals surface area contributed by atoms with Gasteiger partial charge >= 0.3 is 37.0 Å². The van der Waals surface area contributed by atoms with Crippen LogP contribution in [0.1, 0.15) is 12.7 Å². The molecule has 1 aromatic heterocycles. The summed E-state index contributed by atoms with van der Waals surface area (Å²) in [5.41, 5.74) is -12.3. The number of rotatable bonds is 8. The smallest absolute Gasteiger partial charge is 0.463 e. The van der Waals surface area contributed by atoms with Crippen LogP contribution in [-0.4, -0.2) is 58.6 Å². The van der Waals surface area contributed by atoms with Crippen molar-refractivity contribution in [1.29, 1.82) is 0 Å². The standard InChI is InChI=1S/C10H16N2O3.C2HF6NO4S2/c1-3-14-6-7-15-10(13)8-9-11-4-5-12(9)2;3-1(4,5)14(10,11)9-15(12,13)2(6,7)8/h4-5H,3,6-8H2,1-2H3;9H/p+1. The highest BCUT2D eigenvalue weighted by Gasteiger charge is 2.55. The fraction of sp³-hybridized carbons (Fsp3) is 0.667. The predicted octanol–water partition coefficient (Wildman–Crippen LogP) is 0.237. The van der Waals surface area contributed by atoms with E-state index < -0.39 is 35.2 Å². The van der Waals surface area contributed by atoms with Crippen LogP contribution in [0.5, 0.6) is 0 Å². The maximum absolute atomic E-state index is 11.5. The van der Waals surface area contributed by atoms with Crippen molar-refractivity contribution in [3.05, 3.63) is 18.2 Å². The van der Waals surface area contributed by atoms with E-state index in [1.54, 1.807) is 6.20 Å². The van der Waals surface area contributed by atoms with Gasteiger partial charge in [0.05, 0.1) is 13.7 Å². The number of aromatic amines is 1. The van der Waals surface area contributed by atoms with Crippen molar-refractivity contribution in [3.8, 4) is 0 Å². The molecule has 0 saturated carbocycles. The molecule has 0 spiro atoms. The molecule has 0 saturated heterocycles. The Morgan fingerprint density at radius 3 is 1.93 bits per heavy atom. The van der Waals surface area contributed by atoms with E-state index in [1.807, 2.05) is 24.7 Å². The van der Waals surface area contributed by atoms with Gasteiger partial charge in [-0.2, -0.15) is 26.3 Å². The number of hydrogen-bond donors (Lipinski definition) is 2. The lowest BCUT2D eigenvalue weighted by Crippen LogP contribution is -2.45. The Balaban J connectivity index is 0.000000561. The molecular weight excluding hydrogens is 476 g/mol. The van der Waals surface area contributed by atoms with E-state index in [4.69, 9.17) is 9.47 Å². The van der Waals surface area contributed by atoms with Gasteiger partial charge in [-0.15, -0.1) is 0 Å². The number of nitrogens with zero attached hydrogens (tertiary/aromatic N) is 1. The van der Waals surface area contributed by atoms with Crippen molar-refractivity contribution in [1.82, 2.24) is 9.11 Å². The molecule has 0 radical (unpaired) electrons. The molecule has 30 heavy (non-hydrogen) atoms. The third-order valence-electron chi connectivity index (χ3n) is 2.81. The number of alkyl halides is 6. The maximum Gasteiger partial charge on any atom is 0.512 e. The van der Waals surface area contributed by atoms with Gasteiger partial charge in [-0.1, -0.05) is 4.13 Å². The number of aryl methyl sites for hydroxylation is 1. The highest BCUT2D eigenvalue weighted by Crippen LogP contribution is 2.27. The zero-order chi connectivity index (χ0) is 23.8. The van der Waals surface area contributed by atoms with Crippen LogP contribution in [0.15, 0.2) is 12.4 Å². The summed E-state index contributed by atoms with van der Waals surface area (Å²) in [4.78, 5) is 14.3. The number of ether oxygens (including phenoxy) is 2. The zero-order valence-electron chi connectivity index (χ0n) is 15.4. The molecule has 0 amide bonds. The third kappa shape index (κ3) is 9.26. The SMILES string of the molecule is CCOCCOC(=O)Cc1[nH]cc[n+]1C.O=S(=O)(NS(=O)(=O)C(F)(F)F)C(F)(F)F. The molecule has 0 aliphatic carbocycles. The molecule has 1 heterocycles. The summed E-state index contributed by atoms with van der Waals surface area (Å²) in [6.45, 7) is 3.32. The van der Waals surface area contributed by atoms with Crippen LogP contribution in [0, 0.1) is 0 Å². The van der Waals surface area contributed by atoms with Gasteiger partial charge in [0.1, 0.15) is 25.4 Å². The maximum atomic E-state index is 11.5. The topological polar surface area (TPSA) is 136 Å². The second-order valence-corrected chi connectivity index (χ2v) is 8.70. The Kier molecular flexibility index (Phi) is 10.2. The van der Waals surface area contributed by atoms with E-state index in [2.05, 4.69) is 4.98 Å². The fourth-order valence-corrected chi connectivity index (χ4v) is 3.31. The molecule has 18 heteroatoms. The quantitative estimate of drug-likeness (QED) is 0.229. The van der Waals surface area contributed by atoms with Crippen LogP contribution in [0.2, 0.25) is 0 Å². The summed E-state index contributed by atoms with van der Waals surface area (Å²) >= 11 is 0. The second kappa shape index (κ2) is 10.9. The number of esters is 1. The van der Waals surface area contributed by atoms with Crippen molar-refractivity contribution in [3.63, 3.8) is 0 Å². The molecule has 2 N–H and O–H groups in total. The summed E-state index contributed by atoms with van der Waals surface area (Å²) in [6.07, 6.45) is 3.89. The lowest BCUT2D eigenvalue weighted by molar-refractivity contribution is -0.677. The molecule has 0 atom stereocenters. The molecule has 0 aliphatic heterocycles. The fourth-order valence-electron chi connectivity index (χ4n) is 1.40. The molecule has 0 unspecified atom stereocenters. The number of carbonyl (C=O) groups is 1. The lowest BCUT2D eigenvalue weighted by atomic mass is 10.4. The highest BCUT2D eigenvalue weighted by atomic mass is 32.3. The van der Waals surface area contributed by atoms with Gasteiger partial charge in [0.2, 0.25) is 0 Å². The second-order valence-electron chi connectivity index (χ2n) is 5.09. The number of hydrogen-bond acceptors (Lipinski definition) is 7. The monoisotopic (exact) mass is 494 g/mol. The molecule has 0 aromatic carbocycles. The minimum Gasteiger partial charge on any atom is -0.463 e. The number of aromatic nitrogens is 2. The Hall–Kier alpha value is -1.92. The molecule has 0 bridgehead atoms. The van der Waals surface area contributed by atoms with E-state index in [9.17, 15) is 48.0 Å². The van der Waals surface area contributed by atoms with Gasteiger partial charge in [0, 0.05) is 6.61 Å². The van der Waals surface area contributed by atoms with E-state index in [-0.39, 0.29) is 12.4 Å². The first-order valence-corrected chi connectivity index (χ1v) is 10.6. The van der Waals surface area contributed by atoms with Crippen LogP contribution in [0.3, 0.4) is 0 Å². The molecule has 10 nitrogen and oxygen atoms in total. The number of carbonyl (C=O) groups excluding carboxylic acids is 1. The van der Waals surface area contributed by atoms with E-state index >= 15 is 0 Å². The van der Waals surface area contributed by atoms with Gasteiger partial charge in [-0.3, -0.25) is 4.79 Å². The predicted molar refractivity (Wildman–Crippen MR) is 86.2 cm³/mol. The lowest BCUT2D eigenvalue weighted by Gasteiger charge is -2.11. The Labute approximate surface area is 167 Å². The third-order valence-corrected chi connectivity index (χ3v) is 5.78. The van der Waals surface area contributed by atoms with Crippen molar-refractivity contribution >= 4 is 26.0 Å². The van der Waals surface area contributed by atoms with Gasteiger partial charge in [-0.25, -0.2) is 26.4 Å². The molecule has 176 valence electrons. The normalized spacial score (nSPS) is 12.8. The number of sulfonamides is 2. The van der Waals surface area contributed by atoms with Gasteiger partial charge in [0.25, 0.3) is 5.82 Å². The van der Waals surface area contributed by atoms with Crippen molar-refractivity contribution in [2.75, 3.05) is 19.8 Å². The van der Waals surface area contributed by atoms with Crippen molar-refractivity contribution in [2.24, 2.45) is 7.05 Å². The summed E-state index contributed by atoms with van der Waals surface area (Å²) in [5.74, 6) is 0.587. The first-order chi connectivity index (χ1) is 13.4. The summed E-state index contributed by atoms with van der Waals surface area (Å²) < 4.78 is 120. The summed E-state index contributed by atoms with van der Waals surface area (Å²) in [7, 11) is -11.3. The van der Waals surface area contributed by atoms with Crippen LogP contribution >= 0.6 is 0 Å². The number of imidazole rings is 1. The minimum atomic E-state index is -6.60. The average Bonchev–Trinajstić information content (AvgIpc) is 2.94. The van der Waals surface area contributed by atoms with Gasteiger partial charge in [0.15, 0.2) is 0 Å². The van der Waals surface area contributed by atoms with Crippen LogP contribution in [-0.2, 0) is 47.8 Å². The van der Waals surface area contributed by atoms with Crippen molar-refractivity contribution in [2.45, 2.75) is 24.4 Å². The van der Waals surface area contributed by atoms with E-state index in [0.29, 0.717) is 19.8 Å². The molecule has 0 fully saturated rings. The van der Waals surface area contributed by atoms with E-state index in [1.165, 1.54) is 0 Å². The Bertz CT molecular complexity index is 852. The largest absolute Gasteiger partial charge is 0.512 e. The summed E-state index contributed by atoms with van der Waals surface area (Å²) in [5, 5.41) is 0. The molecule has 1 aromatic rings. The molecule has 0 aliphatic rings. The van der Waals surface area contributed by atoms with Crippen LogP contribution in [0.4, 0.5) is 26.3 Å². The Morgan fingerprint density at radius 2 is 1.57 bits per heavy atom. The summed E-state index contributed by atoms with van der Waals surface area (Å²) in [6, 6.07) is 0. The number of nitrogens with one attached hydrogen (secondary N) is 2. The first-order valence-electron chi connectivity index (χ1n) is 7.61.